The lowest BCUT2D eigenvalue weighted by atomic mass is 10.0. The number of rotatable bonds is 4. The predicted octanol–water partition coefficient (Wildman–Crippen LogP) is 2.55. The Balaban J connectivity index is 2.80. The van der Waals surface area contributed by atoms with E-state index >= 15 is 0 Å². The quantitative estimate of drug-likeness (QED) is 0.777. The molecule has 0 aromatic heterocycles. The maximum absolute atomic E-state index is 14.8. The van der Waals surface area contributed by atoms with Crippen LogP contribution in [0.4, 0.5) is 9.18 Å². The molecular weight excluding hydrogens is 297 g/mol. The Morgan fingerprint density at radius 1 is 1.38 bits per heavy atom. The molecule has 1 rings (SSSR count). The van der Waals surface area contributed by atoms with Crippen molar-refractivity contribution in [2.24, 2.45) is 0 Å². The first-order valence-corrected chi connectivity index (χ1v) is 9.75. The number of nitrogens with zero attached hydrogens (tertiary/aromatic N) is 1. The molecule has 1 amide bonds. The Labute approximate surface area is 125 Å². The molecular formula is C13H24FNO5Si. The van der Waals surface area contributed by atoms with Crippen LogP contribution >= 0.6 is 0 Å². The molecule has 0 radical (unpaired) electrons. The fourth-order valence-corrected chi connectivity index (χ4v) is 3.04. The van der Waals surface area contributed by atoms with Crippen LogP contribution in [0.5, 0.6) is 0 Å². The van der Waals surface area contributed by atoms with Crippen LogP contribution < -0.4 is 0 Å². The summed E-state index contributed by atoms with van der Waals surface area (Å²) in [5.41, 5.74) is -1.95. The molecule has 0 aromatic carbocycles. The van der Waals surface area contributed by atoms with Crippen molar-refractivity contribution in [3.8, 4) is 0 Å². The summed E-state index contributed by atoms with van der Waals surface area (Å²) in [6.07, 6.45) is -1.79. The third-order valence-corrected chi connectivity index (χ3v) is 8.90. The lowest BCUT2D eigenvalue weighted by Crippen LogP contribution is -2.46. The van der Waals surface area contributed by atoms with Gasteiger partial charge in [-0.15, -0.1) is 0 Å². The second-order valence-electron chi connectivity index (χ2n) is 7.17. The van der Waals surface area contributed by atoms with Gasteiger partial charge in [-0.3, -0.25) is 4.90 Å². The van der Waals surface area contributed by atoms with Crippen molar-refractivity contribution in [2.75, 3.05) is 13.2 Å². The molecule has 122 valence electrons. The van der Waals surface area contributed by atoms with Crippen molar-refractivity contribution >= 4 is 20.4 Å². The Morgan fingerprint density at radius 2 is 1.90 bits per heavy atom. The van der Waals surface area contributed by atoms with E-state index in [1.807, 2.05) is 33.9 Å². The Morgan fingerprint density at radius 3 is 2.24 bits per heavy atom. The Kier molecular flexibility index (Phi) is 4.74. The van der Waals surface area contributed by atoms with Gasteiger partial charge < -0.3 is 14.6 Å². The van der Waals surface area contributed by atoms with Crippen LogP contribution in [0, 0.1) is 0 Å². The van der Waals surface area contributed by atoms with Crippen molar-refractivity contribution in [3.63, 3.8) is 0 Å². The van der Waals surface area contributed by atoms with Gasteiger partial charge in [0, 0.05) is 6.42 Å². The number of likely N-dealkylation sites (tertiary alicyclic amines) is 1. The van der Waals surface area contributed by atoms with E-state index in [0.29, 0.717) is 4.90 Å². The minimum atomic E-state index is -2.17. The monoisotopic (exact) mass is 321 g/mol. The first-order valence-electron chi connectivity index (χ1n) is 6.84. The number of hydrogen-bond acceptors (Lipinski definition) is 3. The van der Waals surface area contributed by atoms with Gasteiger partial charge in [0.05, 0.1) is 13.2 Å². The smallest absolute Gasteiger partial charge is 0.408 e. The highest BCUT2D eigenvalue weighted by Crippen LogP contribution is 2.39. The van der Waals surface area contributed by atoms with Crippen LogP contribution in [-0.4, -0.2) is 60.4 Å². The van der Waals surface area contributed by atoms with Crippen molar-refractivity contribution in [3.05, 3.63) is 0 Å². The highest BCUT2D eigenvalue weighted by atomic mass is 28.4. The van der Waals surface area contributed by atoms with Gasteiger partial charge in [0.1, 0.15) is 6.04 Å². The summed E-state index contributed by atoms with van der Waals surface area (Å²) in [7, 11) is -2.17. The number of alkyl halides is 1. The molecule has 0 spiro atoms. The maximum atomic E-state index is 14.8. The second kappa shape index (κ2) is 5.56. The number of carboxylic acid groups (broad SMARTS) is 2. The van der Waals surface area contributed by atoms with E-state index in [-0.39, 0.29) is 18.1 Å². The van der Waals surface area contributed by atoms with E-state index in [1.54, 1.807) is 0 Å². The third-order valence-electron chi connectivity index (χ3n) is 4.42. The normalized spacial score (nSPS) is 27.0. The lowest BCUT2D eigenvalue weighted by Gasteiger charge is -2.37. The first-order chi connectivity index (χ1) is 9.29. The van der Waals surface area contributed by atoms with E-state index < -0.39 is 38.6 Å². The molecule has 6 nitrogen and oxygen atoms in total. The zero-order valence-electron chi connectivity index (χ0n) is 13.1. The van der Waals surface area contributed by atoms with Gasteiger partial charge in [-0.2, -0.15) is 0 Å². The number of aliphatic carboxylic acids is 1. The standard InChI is InChI=1S/C13H24FNO5Si/c1-12(2,3)21(4,5)20-8-13(14)6-9(10(16)17)15(7-13)11(18)19/h9H,6-8H2,1-5H3,(H,16,17)(H,18,19)/t9-,13?/m0/s1. The van der Waals surface area contributed by atoms with Gasteiger partial charge >= 0.3 is 12.1 Å². The van der Waals surface area contributed by atoms with Crippen LogP contribution in [0.2, 0.25) is 18.1 Å². The summed E-state index contributed by atoms with van der Waals surface area (Å²) in [4.78, 5) is 22.7. The topological polar surface area (TPSA) is 87.1 Å². The molecule has 0 bridgehead atoms. The van der Waals surface area contributed by atoms with E-state index in [1.165, 1.54) is 0 Å². The van der Waals surface area contributed by atoms with Gasteiger partial charge in [0.2, 0.25) is 0 Å². The van der Waals surface area contributed by atoms with Crippen molar-refractivity contribution in [1.82, 2.24) is 4.90 Å². The minimum absolute atomic E-state index is 0.0966. The SMILES string of the molecule is CC(C)(C)[Si](C)(C)OCC1(F)C[C@@H](C(=O)O)N(C(=O)O)C1. The molecule has 0 aliphatic carbocycles. The van der Waals surface area contributed by atoms with E-state index in [0.717, 1.165) is 0 Å². The number of carbonyl (C=O) groups is 2. The molecule has 8 heteroatoms. The van der Waals surface area contributed by atoms with E-state index in [9.17, 15) is 14.0 Å². The van der Waals surface area contributed by atoms with E-state index in [2.05, 4.69) is 0 Å². The lowest BCUT2D eigenvalue weighted by molar-refractivity contribution is -0.141. The van der Waals surface area contributed by atoms with E-state index in [4.69, 9.17) is 14.6 Å². The fourth-order valence-electron chi connectivity index (χ4n) is 1.99. The van der Waals surface area contributed by atoms with Crippen LogP contribution in [0.1, 0.15) is 27.2 Å². The number of halogens is 1. The third kappa shape index (κ3) is 3.94. The summed E-state index contributed by atoms with van der Waals surface area (Å²) >= 11 is 0. The second-order valence-corrected chi connectivity index (χ2v) is 12.0. The molecule has 21 heavy (non-hydrogen) atoms. The van der Waals surface area contributed by atoms with Gasteiger partial charge in [-0.05, 0) is 18.1 Å². The number of hydrogen-bond donors (Lipinski definition) is 2. The number of carboxylic acids is 1. The van der Waals surface area contributed by atoms with Gasteiger partial charge in [-0.25, -0.2) is 14.0 Å². The van der Waals surface area contributed by atoms with Gasteiger partial charge in [0.25, 0.3) is 0 Å². The zero-order chi connectivity index (χ0) is 16.6. The van der Waals surface area contributed by atoms with Crippen LogP contribution in [0.15, 0.2) is 0 Å². The maximum Gasteiger partial charge on any atom is 0.408 e. The highest BCUT2D eigenvalue weighted by molar-refractivity contribution is 6.74. The summed E-state index contributed by atoms with van der Waals surface area (Å²) in [6, 6.07) is -1.35. The fraction of sp³-hybridized carbons (Fsp3) is 0.846. The molecule has 1 heterocycles. The van der Waals surface area contributed by atoms with Crippen LogP contribution in [0.3, 0.4) is 0 Å². The molecule has 2 N–H and O–H groups in total. The molecule has 1 unspecified atom stereocenters. The summed E-state index contributed by atoms with van der Waals surface area (Å²) in [6.45, 7) is 9.25. The van der Waals surface area contributed by atoms with Crippen molar-refractivity contribution < 1.29 is 28.6 Å². The molecule has 0 saturated carbocycles. The van der Waals surface area contributed by atoms with Crippen LogP contribution in [0.25, 0.3) is 0 Å². The molecule has 1 fully saturated rings. The van der Waals surface area contributed by atoms with Gasteiger partial charge in [-0.1, -0.05) is 20.8 Å². The summed E-state index contributed by atoms with van der Waals surface area (Å²) in [5.74, 6) is -1.33. The Hall–Kier alpha value is -1.15. The van der Waals surface area contributed by atoms with Crippen molar-refractivity contribution in [2.45, 2.75) is 57.0 Å². The minimum Gasteiger partial charge on any atom is -0.480 e. The van der Waals surface area contributed by atoms with Crippen LogP contribution in [-0.2, 0) is 9.22 Å². The van der Waals surface area contributed by atoms with Crippen molar-refractivity contribution in [1.29, 1.82) is 0 Å². The average Bonchev–Trinajstić information content (AvgIpc) is 2.65. The average molecular weight is 321 g/mol. The first kappa shape index (κ1) is 17.9. The van der Waals surface area contributed by atoms with Gasteiger partial charge in [0.15, 0.2) is 14.0 Å². The predicted molar refractivity (Wildman–Crippen MR) is 77.8 cm³/mol. The molecule has 1 saturated heterocycles. The molecule has 1 aliphatic heterocycles. The highest BCUT2D eigenvalue weighted by Gasteiger charge is 2.51. The largest absolute Gasteiger partial charge is 0.480 e. The molecule has 0 aromatic rings. The number of amides is 1. The summed E-state index contributed by atoms with van der Waals surface area (Å²) < 4.78 is 20.6. The molecule has 2 atom stereocenters. The zero-order valence-corrected chi connectivity index (χ0v) is 14.1. The molecule has 1 aliphatic rings. The summed E-state index contributed by atoms with van der Waals surface area (Å²) in [5, 5.41) is 17.9. The Bertz CT molecular complexity index is 413.